The number of allylic oxidation sites excluding steroid dienone is 3. The highest BCUT2D eigenvalue weighted by Crippen LogP contribution is 2.25. The second-order valence-corrected chi connectivity index (χ2v) is 3.54. The Morgan fingerprint density at radius 2 is 2.37 bits per heavy atom. The zero-order chi connectivity index (χ0) is 14.1. The fourth-order valence-corrected chi connectivity index (χ4v) is 1.16. The minimum atomic E-state index is -2.36. The average Bonchev–Trinajstić information content (AvgIpc) is 2.41. The van der Waals surface area contributed by atoms with Gasteiger partial charge >= 0.3 is 0 Å². The van der Waals surface area contributed by atoms with E-state index in [0.29, 0.717) is 17.1 Å². The summed E-state index contributed by atoms with van der Waals surface area (Å²) in [5.74, 6) is 0.338. The highest BCUT2D eigenvalue weighted by Gasteiger charge is 2.02. The fraction of sp³-hybridized carbons (Fsp3) is 0.231. The van der Waals surface area contributed by atoms with Gasteiger partial charge in [0.1, 0.15) is 12.4 Å². The van der Waals surface area contributed by atoms with Crippen molar-refractivity contribution in [1.82, 2.24) is 4.98 Å². The van der Waals surface area contributed by atoms with Crippen LogP contribution in [0.25, 0.3) is 4.85 Å². The van der Waals surface area contributed by atoms with Crippen LogP contribution in [0.2, 0.25) is 0 Å². The third-order valence-corrected chi connectivity index (χ3v) is 2.04. The minimum Gasteiger partial charge on any atom is -0.497 e. The molecule has 0 fully saturated rings. The number of aromatic nitrogens is 1. The first kappa shape index (κ1) is 14.6. The topological polar surface area (TPSA) is 52.5 Å². The molecule has 4 nitrogen and oxygen atoms in total. The second kappa shape index (κ2) is 7.82. The summed E-state index contributed by atoms with van der Waals surface area (Å²) in [6, 6.07) is 1.53. The molecule has 6 heteroatoms. The van der Waals surface area contributed by atoms with Crippen LogP contribution < -0.4 is 10.5 Å². The molecule has 1 aromatic rings. The number of hydrogen-bond acceptors (Lipinski definition) is 3. The summed E-state index contributed by atoms with van der Waals surface area (Å²) < 4.78 is 29.0. The first-order valence-electron chi connectivity index (χ1n) is 5.47. The number of ether oxygens (including phenoxy) is 1. The van der Waals surface area contributed by atoms with E-state index in [0.717, 1.165) is 0 Å². The lowest BCUT2D eigenvalue weighted by Crippen LogP contribution is -2.08. The maximum Gasteiger partial charge on any atom is 0.242 e. The van der Waals surface area contributed by atoms with Crippen molar-refractivity contribution in [3.63, 3.8) is 0 Å². The van der Waals surface area contributed by atoms with E-state index in [1.807, 2.05) is 0 Å². The van der Waals surface area contributed by atoms with E-state index in [-0.39, 0.29) is 13.0 Å². The molecule has 0 bridgehead atoms. The van der Waals surface area contributed by atoms with Crippen LogP contribution in [-0.2, 0) is 0 Å². The van der Waals surface area contributed by atoms with Crippen molar-refractivity contribution in [2.75, 3.05) is 6.61 Å². The summed E-state index contributed by atoms with van der Waals surface area (Å²) in [7, 11) is 0. The van der Waals surface area contributed by atoms with Crippen LogP contribution in [0.1, 0.15) is 6.42 Å². The van der Waals surface area contributed by atoms with Crippen LogP contribution in [0, 0.1) is 6.57 Å². The quantitative estimate of drug-likeness (QED) is 0.635. The van der Waals surface area contributed by atoms with Crippen molar-refractivity contribution >= 4 is 5.69 Å². The molecule has 0 saturated heterocycles. The monoisotopic (exact) mass is 265 g/mol. The van der Waals surface area contributed by atoms with Gasteiger partial charge in [-0.1, -0.05) is 12.2 Å². The second-order valence-electron chi connectivity index (χ2n) is 3.54. The molecule has 0 aliphatic rings. The number of pyridine rings is 1. The molecular weight excluding hydrogens is 252 g/mol. The normalized spacial score (nSPS) is 11.8. The first-order valence-corrected chi connectivity index (χ1v) is 5.47. The molecular formula is C13H13F2N3O. The Balaban J connectivity index is 2.50. The minimum absolute atomic E-state index is 0.0627. The molecule has 0 aliphatic carbocycles. The molecule has 0 atom stereocenters. The van der Waals surface area contributed by atoms with Gasteiger partial charge in [-0.15, -0.1) is 0 Å². The largest absolute Gasteiger partial charge is 0.497 e. The van der Waals surface area contributed by atoms with Gasteiger partial charge in [0.15, 0.2) is 0 Å². The van der Waals surface area contributed by atoms with Gasteiger partial charge in [-0.2, -0.15) is 0 Å². The van der Waals surface area contributed by atoms with Gasteiger partial charge in [-0.25, -0.2) is 13.6 Å². The van der Waals surface area contributed by atoms with Crippen molar-refractivity contribution in [3.05, 3.63) is 53.8 Å². The average molecular weight is 265 g/mol. The zero-order valence-electron chi connectivity index (χ0n) is 10.1. The number of alkyl halides is 2. The van der Waals surface area contributed by atoms with Crippen LogP contribution in [0.4, 0.5) is 14.5 Å². The molecule has 19 heavy (non-hydrogen) atoms. The lowest BCUT2D eigenvalue weighted by atomic mass is 10.3. The predicted molar refractivity (Wildman–Crippen MR) is 68.0 cm³/mol. The number of hydrogen-bond donors (Lipinski definition) is 1. The van der Waals surface area contributed by atoms with E-state index in [1.165, 1.54) is 36.7 Å². The maximum absolute atomic E-state index is 11.8. The lowest BCUT2D eigenvalue weighted by molar-refractivity contribution is 0.152. The van der Waals surface area contributed by atoms with Crippen molar-refractivity contribution in [3.8, 4) is 5.75 Å². The maximum atomic E-state index is 11.8. The van der Waals surface area contributed by atoms with Crippen LogP contribution in [0.5, 0.6) is 5.75 Å². The molecule has 1 aromatic heterocycles. The van der Waals surface area contributed by atoms with E-state index in [2.05, 4.69) is 9.83 Å². The molecule has 100 valence electrons. The number of halogens is 2. The molecule has 0 amide bonds. The predicted octanol–water partition coefficient (Wildman–Crippen LogP) is 3.07. The number of nitrogens with two attached hydrogens (primary N) is 1. The summed E-state index contributed by atoms with van der Waals surface area (Å²) in [5.41, 5.74) is 6.34. The molecule has 1 rings (SSSR count). The summed E-state index contributed by atoms with van der Waals surface area (Å²) >= 11 is 0. The summed E-state index contributed by atoms with van der Waals surface area (Å²) in [6.07, 6.45) is 4.50. The molecule has 0 unspecified atom stereocenters. The lowest BCUT2D eigenvalue weighted by Gasteiger charge is -2.06. The van der Waals surface area contributed by atoms with E-state index in [4.69, 9.17) is 17.0 Å². The molecule has 1 heterocycles. The van der Waals surface area contributed by atoms with Crippen molar-refractivity contribution in [2.45, 2.75) is 12.8 Å². The van der Waals surface area contributed by atoms with Gasteiger partial charge in [0.25, 0.3) is 0 Å². The van der Waals surface area contributed by atoms with Crippen molar-refractivity contribution in [2.24, 2.45) is 5.73 Å². The Morgan fingerprint density at radius 1 is 1.58 bits per heavy atom. The zero-order valence-corrected chi connectivity index (χ0v) is 10.1. The van der Waals surface area contributed by atoms with E-state index in [1.54, 1.807) is 0 Å². The van der Waals surface area contributed by atoms with Gasteiger partial charge in [0, 0.05) is 18.3 Å². The highest BCUT2D eigenvalue weighted by molar-refractivity contribution is 5.55. The molecule has 0 spiro atoms. The van der Waals surface area contributed by atoms with Crippen molar-refractivity contribution in [1.29, 1.82) is 0 Å². The summed E-state index contributed by atoms with van der Waals surface area (Å²) in [4.78, 5) is 7.11. The van der Waals surface area contributed by atoms with Gasteiger partial charge < -0.3 is 10.5 Å². The number of nitrogens with zero attached hydrogens (tertiary/aromatic N) is 2. The Hall–Kier alpha value is -2.42. The third kappa shape index (κ3) is 5.64. The van der Waals surface area contributed by atoms with Crippen LogP contribution in [0.3, 0.4) is 0 Å². The number of rotatable bonds is 6. The fourth-order valence-electron chi connectivity index (χ4n) is 1.16. The van der Waals surface area contributed by atoms with Crippen LogP contribution in [0.15, 0.2) is 42.4 Å². The Labute approximate surface area is 110 Å². The highest BCUT2D eigenvalue weighted by atomic mass is 19.3. The SMILES string of the molecule is [C-]#[N+]c1ccncc1OC/C(N)=C/C=C\CC(F)F. The molecule has 2 N–H and O–H groups in total. The Morgan fingerprint density at radius 3 is 3.05 bits per heavy atom. The molecule has 0 saturated carbocycles. The van der Waals surface area contributed by atoms with E-state index >= 15 is 0 Å². The summed E-state index contributed by atoms with van der Waals surface area (Å²) in [6.45, 7) is 7.00. The van der Waals surface area contributed by atoms with Gasteiger partial charge in [-0.05, 0) is 12.1 Å². The van der Waals surface area contributed by atoms with Crippen molar-refractivity contribution < 1.29 is 13.5 Å². The Kier molecular flexibility index (Phi) is 6.03. The van der Waals surface area contributed by atoms with Gasteiger partial charge in [0.05, 0.1) is 12.8 Å². The standard InChI is InChI=1S/C13H13F2N3O/c1-17-11-6-7-18-8-12(11)19-9-10(16)4-2-3-5-13(14)15/h2-4,6-8,13H,5,9,16H2/b3-2-,10-4-. The Bertz CT molecular complexity index is 507. The first-order chi connectivity index (χ1) is 9.13. The van der Waals surface area contributed by atoms with E-state index in [9.17, 15) is 8.78 Å². The van der Waals surface area contributed by atoms with Gasteiger partial charge in [-0.3, -0.25) is 4.98 Å². The van der Waals surface area contributed by atoms with Gasteiger partial charge in [0.2, 0.25) is 12.1 Å². The van der Waals surface area contributed by atoms with Crippen LogP contribution >= 0.6 is 0 Å². The smallest absolute Gasteiger partial charge is 0.242 e. The van der Waals surface area contributed by atoms with Crippen LogP contribution in [-0.4, -0.2) is 18.0 Å². The summed E-state index contributed by atoms with van der Waals surface area (Å²) in [5, 5.41) is 0. The molecule has 0 aliphatic heterocycles. The molecule has 0 aromatic carbocycles. The van der Waals surface area contributed by atoms with E-state index < -0.39 is 6.43 Å². The molecule has 0 radical (unpaired) electrons. The third-order valence-electron chi connectivity index (χ3n) is 2.04.